The molecule has 1 N–H and O–H groups in total. The van der Waals surface area contributed by atoms with E-state index >= 15 is 0 Å². The van der Waals surface area contributed by atoms with E-state index in [1.165, 1.54) is 7.11 Å². The Balaban J connectivity index is 0.00000364. The van der Waals surface area contributed by atoms with E-state index in [1.54, 1.807) is 24.3 Å². The third-order valence-corrected chi connectivity index (χ3v) is 4.21. The molecule has 0 radical (unpaired) electrons. The largest absolute Gasteiger partial charge is 0.465 e. The van der Waals surface area contributed by atoms with Crippen molar-refractivity contribution < 1.29 is 14.3 Å². The number of ether oxygens (including phenoxy) is 1. The van der Waals surface area contributed by atoms with E-state index in [1.807, 2.05) is 38.1 Å². The fraction of sp³-hybridized carbons (Fsp3) is 0.300. The van der Waals surface area contributed by atoms with Gasteiger partial charge >= 0.3 is 5.97 Å². The Bertz CT molecular complexity index is 823. The molecule has 5 nitrogen and oxygen atoms in total. The van der Waals surface area contributed by atoms with Gasteiger partial charge in [-0.15, -0.1) is 12.4 Å². The number of halogens is 2. The number of carbonyl (C=O) groups is 2. The van der Waals surface area contributed by atoms with Gasteiger partial charge in [-0.25, -0.2) is 4.79 Å². The molecule has 0 aliphatic rings. The fourth-order valence-electron chi connectivity index (χ4n) is 2.55. The molecule has 2 aromatic carbocycles. The molecular formula is C20H24Cl2N2O3. The first-order valence-corrected chi connectivity index (χ1v) is 8.62. The molecule has 7 heteroatoms. The van der Waals surface area contributed by atoms with E-state index in [0.717, 1.165) is 23.2 Å². The van der Waals surface area contributed by atoms with Gasteiger partial charge < -0.3 is 15.0 Å². The molecule has 27 heavy (non-hydrogen) atoms. The number of hydrogen-bond donors (Lipinski definition) is 1. The van der Waals surface area contributed by atoms with Crippen molar-refractivity contribution in [3.05, 3.63) is 58.1 Å². The molecule has 0 heterocycles. The molecule has 0 atom stereocenters. The van der Waals surface area contributed by atoms with Crippen molar-refractivity contribution in [3.63, 3.8) is 0 Å². The Hall–Kier alpha value is -2.08. The zero-order chi connectivity index (χ0) is 19.3. The maximum Gasteiger partial charge on any atom is 0.337 e. The van der Waals surface area contributed by atoms with Gasteiger partial charge in [0.1, 0.15) is 0 Å². The van der Waals surface area contributed by atoms with E-state index in [0.29, 0.717) is 22.7 Å². The number of hydrogen-bond acceptors (Lipinski definition) is 4. The molecule has 146 valence electrons. The molecule has 2 aromatic rings. The average molecular weight is 411 g/mol. The standard InChI is InChI=1S/C20H23ClN2O3.ClH/c1-13-5-6-17(21)12-18(13)14-9-15(11-16(10-14)20(25)26-4)19(24)22-7-8-23(2)3;/h5-6,9-12H,7-8H2,1-4H3,(H,22,24);1H. The zero-order valence-electron chi connectivity index (χ0n) is 15.8. The first-order chi connectivity index (χ1) is 12.3. The Morgan fingerprint density at radius 2 is 1.78 bits per heavy atom. The third-order valence-electron chi connectivity index (χ3n) is 3.97. The van der Waals surface area contributed by atoms with Crippen LogP contribution in [0.25, 0.3) is 11.1 Å². The maximum absolute atomic E-state index is 12.5. The summed E-state index contributed by atoms with van der Waals surface area (Å²) in [6.07, 6.45) is 0. The zero-order valence-corrected chi connectivity index (χ0v) is 17.4. The predicted molar refractivity (Wildman–Crippen MR) is 111 cm³/mol. The topological polar surface area (TPSA) is 58.6 Å². The van der Waals surface area contributed by atoms with Gasteiger partial charge in [-0.2, -0.15) is 0 Å². The van der Waals surface area contributed by atoms with Gasteiger partial charge in [0.2, 0.25) is 0 Å². The molecule has 0 saturated heterocycles. The van der Waals surface area contributed by atoms with Crippen molar-refractivity contribution in [3.8, 4) is 11.1 Å². The van der Waals surface area contributed by atoms with E-state index in [4.69, 9.17) is 16.3 Å². The van der Waals surface area contributed by atoms with Gasteiger partial charge in [-0.3, -0.25) is 4.79 Å². The SMILES string of the molecule is COC(=O)c1cc(C(=O)NCCN(C)C)cc(-c2cc(Cl)ccc2C)c1.Cl. The summed E-state index contributed by atoms with van der Waals surface area (Å²) in [5, 5.41) is 3.45. The number of aryl methyl sites for hydroxylation is 1. The monoisotopic (exact) mass is 410 g/mol. The van der Waals surface area contributed by atoms with Crippen LogP contribution in [0.4, 0.5) is 0 Å². The molecular weight excluding hydrogens is 387 g/mol. The molecule has 0 fully saturated rings. The minimum Gasteiger partial charge on any atom is -0.465 e. The van der Waals surface area contributed by atoms with Gasteiger partial charge in [-0.1, -0.05) is 17.7 Å². The number of rotatable bonds is 6. The van der Waals surface area contributed by atoms with Crippen LogP contribution < -0.4 is 5.32 Å². The van der Waals surface area contributed by atoms with Gasteiger partial charge in [0, 0.05) is 23.7 Å². The van der Waals surface area contributed by atoms with Crippen LogP contribution in [0.5, 0.6) is 0 Å². The van der Waals surface area contributed by atoms with E-state index in [-0.39, 0.29) is 18.3 Å². The molecule has 0 aromatic heterocycles. The molecule has 0 aliphatic carbocycles. The molecule has 0 saturated carbocycles. The van der Waals surface area contributed by atoms with Crippen LogP contribution in [0.1, 0.15) is 26.3 Å². The highest BCUT2D eigenvalue weighted by molar-refractivity contribution is 6.30. The van der Waals surface area contributed by atoms with E-state index in [9.17, 15) is 9.59 Å². The molecule has 0 bridgehead atoms. The van der Waals surface area contributed by atoms with Crippen molar-refractivity contribution >= 4 is 35.9 Å². The second kappa shape index (κ2) is 10.3. The van der Waals surface area contributed by atoms with Crippen LogP contribution in [0.15, 0.2) is 36.4 Å². The fourth-order valence-corrected chi connectivity index (χ4v) is 2.72. The van der Waals surface area contributed by atoms with E-state index < -0.39 is 5.97 Å². The number of methoxy groups -OCH3 is 1. The van der Waals surface area contributed by atoms with Gasteiger partial charge in [0.25, 0.3) is 5.91 Å². The van der Waals surface area contributed by atoms with E-state index in [2.05, 4.69) is 5.32 Å². The average Bonchev–Trinajstić information content (AvgIpc) is 2.62. The lowest BCUT2D eigenvalue weighted by Crippen LogP contribution is -2.31. The number of likely N-dealkylation sites (N-methyl/N-ethyl adjacent to an activating group) is 1. The number of benzene rings is 2. The second-order valence-corrected chi connectivity index (χ2v) is 6.75. The molecule has 0 aliphatic heterocycles. The summed E-state index contributed by atoms with van der Waals surface area (Å²) in [7, 11) is 5.19. The first kappa shape index (κ1) is 23.0. The van der Waals surface area contributed by atoms with Crippen LogP contribution in [-0.2, 0) is 4.74 Å². The lowest BCUT2D eigenvalue weighted by atomic mass is 9.96. The third kappa shape index (κ3) is 6.24. The predicted octanol–water partition coefficient (Wildman–Crippen LogP) is 3.82. The van der Waals surface area contributed by atoms with Crippen molar-refractivity contribution in [1.29, 1.82) is 0 Å². The quantitative estimate of drug-likeness (QED) is 0.735. The van der Waals surface area contributed by atoms with Crippen LogP contribution in [-0.4, -0.2) is 51.1 Å². The number of nitrogens with one attached hydrogen (secondary N) is 1. The van der Waals surface area contributed by atoms with Crippen LogP contribution in [0.2, 0.25) is 5.02 Å². The smallest absolute Gasteiger partial charge is 0.337 e. The molecule has 0 unspecified atom stereocenters. The minimum absolute atomic E-state index is 0. The van der Waals surface area contributed by atoms with Gasteiger partial charge in [0.15, 0.2) is 0 Å². The van der Waals surface area contributed by atoms with Crippen molar-refractivity contribution in [2.45, 2.75) is 6.92 Å². The summed E-state index contributed by atoms with van der Waals surface area (Å²) in [6.45, 7) is 3.19. The van der Waals surface area contributed by atoms with Crippen molar-refractivity contribution in [1.82, 2.24) is 10.2 Å². The summed E-state index contributed by atoms with van der Waals surface area (Å²) < 4.78 is 4.83. The van der Waals surface area contributed by atoms with Crippen molar-refractivity contribution in [2.75, 3.05) is 34.3 Å². The Morgan fingerprint density at radius 1 is 1.11 bits per heavy atom. The lowest BCUT2D eigenvalue weighted by Gasteiger charge is -2.13. The Kier molecular flexibility index (Phi) is 8.76. The maximum atomic E-state index is 12.5. The van der Waals surface area contributed by atoms with Crippen LogP contribution in [0, 0.1) is 6.92 Å². The number of carbonyl (C=O) groups excluding carboxylic acids is 2. The minimum atomic E-state index is -0.492. The molecule has 0 spiro atoms. The summed E-state index contributed by atoms with van der Waals surface area (Å²) in [5.41, 5.74) is 3.33. The summed E-state index contributed by atoms with van der Waals surface area (Å²) in [4.78, 5) is 26.5. The number of nitrogens with zero attached hydrogens (tertiary/aromatic N) is 1. The number of esters is 1. The highest BCUT2D eigenvalue weighted by atomic mass is 35.5. The number of amides is 1. The van der Waals surface area contributed by atoms with Gasteiger partial charge in [-0.05, 0) is 68.0 Å². The molecule has 1 amide bonds. The highest BCUT2D eigenvalue weighted by Gasteiger charge is 2.15. The Labute approximate surface area is 171 Å². The normalized spacial score (nSPS) is 10.3. The summed E-state index contributed by atoms with van der Waals surface area (Å²) in [5.74, 6) is -0.729. The lowest BCUT2D eigenvalue weighted by molar-refractivity contribution is 0.0600. The van der Waals surface area contributed by atoms with Crippen molar-refractivity contribution in [2.24, 2.45) is 0 Å². The highest BCUT2D eigenvalue weighted by Crippen LogP contribution is 2.28. The first-order valence-electron chi connectivity index (χ1n) is 8.24. The Morgan fingerprint density at radius 3 is 2.41 bits per heavy atom. The van der Waals surface area contributed by atoms with Gasteiger partial charge in [0.05, 0.1) is 12.7 Å². The van der Waals surface area contributed by atoms with Crippen LogP contribution >= 0.6 is 24.0 Å². The second-order valence-electron chi connectivity index (χ2n) is 6.31. The molecule has 2 rings (SSSR count). The summed E-state index contributed by atoms with van der Waals surface area (Å²) in [6, 6.07) is 10.5. The summed E-state index contributed by atoms with van der Waals surface area (Å²) >= 11 is 6.12. The van der Waals surface area contributed by atoms with Crippen LogP contribution in [0.3, 0.4) is 0 Å².